The fraction of sp³-hybridized carbons (Fsp3) is 0.769. The van der Waals surface area contributed by atoms with Crippen LogP contribution in [0.15, 0.2) is 23.8 Å². The third-order valence-corrected chi connectivity index (χ3v) is 8.94. The van der Waals surface area contributed by atoms with Gasteiger partial charge < -0.3 is 4.74 Å². The van der Waals surface area contributed by atoms with Gasteiger partial charge >= 0.3 is 5.97 Å². The molecule has 0 aromatic heterocycles. The van der Waals surface area contributed by atoms with Crippen molar-refractivity contribution in [3.05, 3.63) is 23.8 Å². The lowest BCUT2D eigenvalue weighted by Crippen LogP contribution is -2.50. The average molecular weight is 399 g/mol. The van der Waals surface area contributed by atoms with Gasteiger partial charge in [0.2, 0.25) is 0 Å². The lowest BCUT2D eigenvalue weighted by molar-refractivity contribution is -0.158. The Kier molecular flexibility index (Phi) is 5.79. The summed E-state index contributed by atoms with van der Waals surface area (Å²) < 4.78 is 6.07. The predicted octanol–water partition coefficient (Wildman–Crippen LogP) is 6.18. The van der Waals surface area contributed by atoms with Gasteiger partial charge in [0, 0.05) is 18.3 Å². The highest BCUT2D eigenvalue weighted by Crippen LogP contribution is 2.64. The molecule has 4 rings (SSSR count). The first kappa shape index (κ1) is 20.9. The molecule has 2 saturated carbocycles. The summed E-state index contributed by atoms with van der Waals surface area (Å²) in [7, 11) is 0. The van der Waals surface area contributed by atoms with Crippen LogP contribution in [0.1, 0.15) is 91.4 Å². The molecule has 0 unspecified atom stereocenters. The van der Waals surface area contributed by atoms with Crippen LogP contribution in [-0.2, 0) is 14.3 Å². The molecule has 2 fully saturated rings. The van der Waals surface area contributed by atoms with E-state index in [2.05, 4.69) is 32.9 Å². The van der Waals surface area contributed by atoms with Gasteiger partial charge in [-0.25, -0.2) is 0 Å². The Bertz CT molecular complexity index is 719. The quantitative estimate of drug-likeness (QED) is 0.396. The minimum Gasteiger partial charge on any atom is -0.462 e. The molecule has 0 amide bonds. The van der Waals surface area contributed by atoms with Gasteiger partial charge in [0.1, 0.15) is 6.10 Å². The van der Waals surface area contributed by atoms with Crippen LogP contribution in [0, 0.1) is 28.6 Å². The van der Waals surface area contributed by atoms with E-state index in [4.69, 9.17) is 4.74 Å². The van der Waals surface area contributed by atoms with E-state index in [1.807, 2.05) is 6.08 Å². The van der Waals surface area contributed by atoms with Crippen molar-refractivity contribution < 1.29 is 14.3 Å². The molecule has 0 radical (unpaired) electrons. The van der Waals surface area contributed by atoms with Gasteiger partial charge in [-0.2, -0.15) is 0 Å². The van der Waals surface area contributed by atoms with Crippen LogP contribution < -0.4 is 0 Å². The van der Waals surface area contributed by atoms with Gasteiger partial charge in [0.15, 0.2) is 5.78 Å². The summed E-state index contributed by atoms with van der Waals surface area (Å²) in [6, 6.07) is 0. The molecule has 0 aromatic rings. The number of hydrogen-bond donors (Lipinski definition) is 0. The molecule has 29 heavy (non-hydrogen) atoms. The summed E-state index contributed by atoms with van der Waals surface area (Å²) in [6.45, 7) is 6.96. The second-order valence-electron chi connectivity index (χ2n) is 10.5. The molecule has 0 heterocycles. The number of ketones is 1. The third kappa shape index (κ3) is 3.64. The smallest absolute Gasteiger partial charge is 0.306 e. The first-order chi connectivity index (χ1) is 13.9. The number of carbonyl (C=O) groups excluding carboxylic acids is 2. The van der Waals surface area contributed by atoms with Crippen LogP contribution in [0.4, 0.5) is 0 Å². The summed E-state index contributed by atoms with van der Waals surface area (Å²) in [6.07, 6.45) is 17.8. The van der Waals surface area contributed by atoms with E-state index in [-0.39, 0.29) is 28.7 Å². The Morgan fingerprint density at radius 3 is 2.72 bits per heavy atom. The summed E-state index contributed by atoms with van der Waals surface area (Å²) in [4.78, 5) is 24.4. The van der Waals surface area contributed by atoms with Crippen LogP contribution in [-0.4, -0.2) is 17.9 Å². The van der Waals surface area contributed by atoms with E-state index in [1.54, 1.807) is 0 Å². The Morgan fingerprint density at radius 2 is 1.93 bits per heavy atom. The molecule has 4 aliphatic rings. The molecular formula is C26H38O3. The van der Waals surface area contributed by atoms with Crippen molar-refractivity contribution in [2.45, 2.75) is 97.5 Å². The molecule has 3 nitrogen and oxygen atoms in total. The Labute approximate surface area is 176 Å². The molecule has 0 aromatic carbocycles. The average Bonchev–Trinajstić information content (AvgIpc) is 3.02. The molecule has 0 N–H and O–H groups in total. The van der Waals surface area contributed by atoms with Gasteiger partial charge in [-0.05, 0) is 73.3 Å². The van der Waals surface area contributed by atoms with E-state index in [9.17, 15) is 9.59 Å². The molecule has 0 spiro atoms. The third-order valence-electron chi connectivity index (χ3n) is 8.94. The van der Waals surface area contributed by atoms with Crippen LogP contribution >= 0.6 is 0 Å². The predicted molar refractivity (Wildman–Crippen MR) is 115 cm³/mol. The van der Waals surface area contributed by atoms with E-state index >= 15 is 0 Å². The standard InChI is InChI=1S/C26H38O3/c1-4-5-6-7-8-24(28)29-23-12-11-21-20-10-9-18-17-19(27)13-15-25(18,2)22(20)14-16-26(21,23)3/h9-10,17,20-23H,4-8,11-16H2,1-3H3/t20-,21-,22-,23-,25-,26-/m0/s1. The SMILES string of the molecule is CCCCCCC(=O)O[C@H]1CC[C@H]2[C@@H]3C=CC4=CC(=O)CC[C@]4(C)[C@H]3CC[C@]12C. The van der Waals surface area contributed by atoms with Gasteiger partial charge in [0.05, 0.1) is 0 Å². The van der Waals surface area contributed by atoms with Crippen LogP contribution in [0.25, 0.3) is 0 Å². The zero-order valence-electron chi connectivity index (χ0n) is 18.5. The van der Waals surface area contributed by atoms with Crippen molar-refractivity contribution in [2.24, 2.45) is 28.6 Å². The normalized spacial score (nSPS) is 40.7. The maximum atomic E-state index is 12.5. The van der Waals surface area contributed by atoms with Gasteiger partial charge in [-0.15, -0.1) is 0 Å². The summed E-state index contributed by atoms with van der Waals surface area (Å²) in [5.74, 6) is 2.06. The van der Waals surface area contributed by atoms with E-state index in [0.717, 1.165) is 38.5 Å². The van der Waals surface area contributed by atoms with Crippen molar-refractivity contribution in [1.29, 1.82) is 0 Å². The molecule has 0 bridgehead atoms. The molecule has 0 saturated heterocycles. The van der Waals surface area contributed by atoms with Crippen LogP contribution in [0.2, 0.25) is 0 Å². The second kappa shape index (κ2) is 8.04. The monoisotopic (exact) mass is 398 g/mol. The minimum atomic E-state index is 0.0114. The van der Waals surface area contributed by atoms with Crippen LogP contribution in [0.5, 0.6) is 0 Å². The molecule has 160 valence electrons. The molecule has 6 atom stereocenters. The van der Waals surface area contributed by atoms with Gasteiger partial charge in [-0.1, -0.05) is 52.2 Å². The lowest BCUT2D eigenvalue weighted by atomic mass is 9.49. The van der Waals surface area contributed by atoms with Crippen molar-refractivity contribution in [3.8, 4) is 0 Å². The number of ether oxygens (including phenoxy) is 1. The first-order valence-corrected chi connectivity index (χ1v) is 12.0. The minimum absolute atomic E-state index is 0.0114. The summed E-state index contributed by atoms with van der Waals surface area (Å²) >= 11 is 0. The number of unbranched alkanes of at least 4 members (excludes halogenated alkanes) is 3. The van der Waals surface area contributed by atoms with Crippen molar-refractivity contribution >= 4 is 11.8 Å². The molecule has 3 heteroatoms. The van der Waals surface area contributed by atoms with Crippen molar-refractivity contribution in [3.63, 3.8) is 0 Å². The maximum absolute atomic E-state index is 12.5. The van der Waals surface area contributed by atoms with E-state index in [1.165, 1.54) is 24.8 Å². The van der Waals surface area contributed by atoms with Crippen molar-refractivity contribution in [2.75, 3.05) is 0 Å². The Hall–Kier alpha value is -1.38. The molecule has 0 aliphatic heterocycles. The number of carbonyl (C=O) groups is 2. The summed E-state index contributed by atoms with van der Waals surface area (Å²) in [5, 5.41) is 0. The number of esters is 1. The second-order valence-corrected chi connectivity index (χ2v) is 10.5. The highest BCUT2D eigenvalue weighted by atomic mass is 16.5. The number of allylic oxidation sites excluding steroid dienone is 4. The highest BCUT2D eigenvalue weighted by Gasteiger charge is 2.59. The zero-order chi connectivity index (χ0) is 20.6. The molecular weight excluding hydrogens is 360 g/mol. The Balaban J connectivity index is 1.46. The number of hydrogen-bond acceptors (Lipinski definition) is 3. The highest BCUT2D eigenvalue weighted by molar-refractivity contribution is 5.92. The number of rotatable bonds is 6. The summed E-state index contributed by atoms with van der Waals surface area (Å²) in [5.41, 5.74) is 1.50. The number of fused-ring (bicyclic) bond motifs is 5. The largest absolute Gasteiger partial charge is 0.462 e. The first-order valence-electron chi connectivity index (χ1n) is 12.0. The fourth-order valence-corrected chi connectivity index (χ4v) is 7.06. The van der Waals surface area contributed by atoms with Crippen molar-refractivity contribution in [1.82, 2.24) is 0 Å². The van der Waals surface area contributed by atoms with Crippen LogP contribution in [0.3, 0.4) is 0 Å². The molecule has 4 aliphatic carbocycles. The lowest BCUT2D eigenvalue weighted by Gasteiger charge is -2.55. The maximum Gasteiger partial charge on any atom is 0.306 e. The topological polar surface area (TPSA) is 43.4 Å². The Morgan fingerprint density at radius 1 is 1.10 bits per heavy atom. The van der Waals surface area contributed by atoms with E-state index < -0.39 is 0 Å². The fourth-order valence-electron chi connectivity index (χ4n) is 7.06. The van der Waals surface area contributed by atoms with Gasteiger partial charge in [0.25, 0.3) is 0 Å². The zero-order valence-corrected chi connectivity index (χ0v) is 18.5. The van der Waals surface area contributed by atoms with E-state index in [0.29, 0.717) is 30.6 Å². The van der Waals surface area contributed by atoms with Gasteiger partial charge in [-0.3, -0.25) is 9.59 Å².